The van der Waals surface area contributed by atoms with Gasteiger partial charge in [0.25, 0.3) is 0 Å². The Morgan fingerprint density at radius 3 is 2.71 bits per heavy atom. The molecule has 1 aliphatic heterocycles. The molecule has 0 aromatic carbocycles. The number of β-amino-alcohol motifs (C(OH)–C–C–N with tert-alkyl or cyclic N) is 1. The Bertz CT molecular complexity index is 216. The third kappa shape index (κ3) is 3.67. The van der Waals surface area contributed by atoms with Crippen LogP contribution in [0, 0.1) is 5.92 Å². The number of ether oxygens (including phenoxy) is 1. The summed E-state index contributed by atoms with van der Waals surface area (Å²) in [6.45, 7) is 5.49. The first-order valence-corrected chi connectivity index (χ1v) is 7.31. The fourth-order valence-corrected chi connectivity index (χ4v) is 3.50. The van der Waals surface area contributed by atoms with Crippen LogP contribution in [-0.4, -0.2) is 48.5 Å². The van der Waals surface area contributed by atoms with Crippen molar-refractivity contribution in [3.63, 3.8) is 0 Å². The predicted octanol–water partition coefficient (Wildman–Crippen LogP) is 2.04. The van der Waals surface area contributed by atoms with Crippen LogP contribution in [0.4, 0.5) is 0 Å². The van der Waals surface area contributed by atoms with E-state index in [-0.39, 0.29) is 6.10 Å². The van der Waals surface area contributed by atoms with Gasteiger partial charge in [0.05, 0.1) is 12.7 Å². The van der Waals surface area contributed by atoms with Crippen molar-refractivity contribution in [1.82, 2.24) is 4.90 Å². The average molecular weight is 241 g/mol. The lowest BCUT2D eigenvalue weighted by atomic mass is 9.83. The smallest absolute Gasteiger partial charge is 0.0682 e. The number of aliphatic hydroxyl groups excluding tert-OH is 1. The van der Waals surface area contributed by atoms with Gasteiger partial charge in [-0.15, -0.1) is 0 Å². The fraction of sp³-hybridized carbons (Fsp3) is 1.00. The summed E-state index contributed by atoms with van der Waals surface area (Å²) < 4.78 is 5.44. The van der Waals surface area contributed by atoms with Crippen molar-refractivity contribution in [2.75, 3.05) is 26.3 Å². The van der Waals surface area contributed by atoms with Gasteiger partial charge in [0.1, 0.15) is 0 Å². The van der Waals surface area contributed by atoms with Crippen molar-refractivity contribution >= 4 is 0 Å². The van der Waals surface area contributed by atoms with Gasteiger partial charge in [-0.1, -0.05) is 19.3 Å². The molecular formula is C14H27NO2. The Balaban J connectivity index is 1.84. The van der Waals surface area contributed by atoms with Crippen molar-refractivity contribution in [3.8, 4) is 0 Å². The van der Waals surface area contributed by atoms with Crippen LogP contribution in [0.15, 0.2) is 0 Å². The zero-order valence-corrected chi connectivity index (χ0v) is 11.1. The summed E-state index contributed by atoms with van der Waals surface area (Å²) in [5.41, 5.74) is 0. The average Bonchev–Trinajstić information content (AvgIpc) is 2.72. The Morgan fingerprint density at radius 1 is 1.24 bits per heavy atom. The number of hydrogen-bond acceptors (Lipinski definition) is 3. The summed E-state index contributed by atoms with van der Waals surface area (Å²) >= 11 is 0. The van der Waals surface area contributed by atoms with E-state index < -0.39 is 0 Å². The Kier molecular flexibility index (Phi) is 5.26. The van der Waals surface area contributed by atoms with Crippen molar-refractivity contribution in [2.45, 2.75) is 57.6 Å². The van der Waals surface area contributed by atoms with Crippen LogP contribution in [0.1, 0.15) is 45.4 Å². The van der Waals surface area contributed by atoms with Crippen LogP contribution >= 0.6 is 0 Å². The monoisotopic (exact) mass is 241 g/mol. The van der Waals surface area contributed by atoms with Gasteiger partial charge in [-0.25, -0.2) is 0 Å². The first kappa shape index (κ1) is 13.3. The zero-order chi connectivity index (χ0) is 12.1. The second-order valence-electron chi connectivity index (χ2n) is 5.55. The van der Waals surface area contributed by atoms with Gasteiger partial charge in [0.15, 0.2) is 0 Å². The highest BCUT2D eigenvalue weighted by atomic mass is 16.5. The van der Waals surface area contributed by atoms with E-state index in [1.54, 1.807) is 0 Å². The van der Waals surface area contributed by atoms with Gasteiger partial charge >= 0.3 is 0 Å². The summed E-state index contributed by atoms with van der Waals surface area (Å²) in [6, 6.07) is 0.616. The Hall–Kier alpha value is -0.120. The normalized spacial score (nSPS) is 32.1. The molecule has 0 unspecified atom stereocenters. The molecule has 0 bridgehead atoms. The van der Waals surface area contributed by atoms with E-state index in [9.17, 15) is 5.11 Å². The number of likely N-dealkylation sites (tertiary alicyclic amines) is 1. The van der Waals surface area contributed by atoms with E-state index >= 15 is 0 Å². The van der Waals surface area contributed by atoms with Crippen LogP contribution in [-0.2, 0) is 4.74 Å². The molecule has 2 atom stereocenters. The molecule has 0 aromatic heterocycles. The molecule has 1 heterocycles. The third-order valence-electron chi connectivity index (χ3n) is 4.35. The van der Waals surface area contributed by atoms with Crippen LogP contribution in [0.25, 0.3) is 0 Å². The third-order valence-corrected chi connectivity index (χ3v) is 4.35. The second-order valence-corrected chi connectivity index (χ2v) is 5.55. The molecule has 2 rings (SSSR count). The lowest BCUT2D eigenvalue weighted by Gasteiger charge is -2.33. The predicted molar refractivity (Wildman–Crippen MR) is 69.1 cm³/mol. The molecule has 0 radical (unpaired) electrons. The molecule has 17 heavy (non-hydrogen) atoms. The molecule has 1 saturated heterocycles. The number of aliphatic hydroxyl groups is 1. The van der Waals surface area contributed by atoms with Gasteiger partial charge < -0.3 is 9.84 Å². The van der Waals surface area contributed by atoms with Gasteiger partial charge in [0, 0.05) is 25.7 Å². The maximum absolute atomic E-state index is 9.87. The Morgan fingerprint density at radius 2 is 2.00 bits per heavy atom. The molecular weight excluding hydrogens is 214 g/mol. The summed E-state index contributed by atoms with van der Waals surface area (Å²) in [6.07, 6.45) is 7.78. The maximum atomic E-state index is 9.87. The van der Waals surface area contributed by atoms with Crippen molar-refractivity contribution in [3.05, 3.63) is 0 Å². The van der Waals surface area contributed by atoms with E-state index in [0.717, 1.165) is 38.6 Å². The highest BCUT2D eigenvalue weighted by Crippen LogP contribution is 2.34. The summed E-state index contributed by atoms with van der Waals surface area (Å²) in [5.74, 6) is 0.822. The molecule has 1 N–H and O–H groups in total. The van der Waals surface area contributed by atoms with Crippen LogP contribution in [0.3, 0.4) is 0 Å². The fourth-order valence-electron chi connectivity index (χ4n) is 3.50. The molecule has 1 aliphatic carbocycles. The maximum Gasteiger partial charge on any atom is 0.0682 e. The highest BCUT2D eigenvalue weighted by Gasteiger charge is 2.36. The van der Waals surface area contributed by atoms with E-state index in [1.807, 2.05) is 6.92 Å². The molecule has 3 heteroatoms. The topological polar surface area (TPSA) is 32.7 Å². The van der Waals surface area contributed by atoms with Gasteiger partial charge in [-0.3, -0.25) is 4.90 Å². The minimum Gasteiger partial charge on any atom is -0.392 e. The van der Waals surface area contributed by atoms with Crippen LogP contribution < -0.4 is 0 Å². The van der Waals surface area contributed by atoms with Crippen molar-refractivity contribution in [1.29, 1.82) is 0 Å². The Labute approximate surface area is 105 Å². The van der Waals surface area contributed by atoms with E-state index in [4.69, 9.17) is 4.74 Å². The molecule has 0 spiro atoms. The molecule has 2 fully saturated rings. The quantitative estimate of drug-likeness (QED) is 0.748. The minimum absolute atomic E-state index is 0.108. The molecule has 0 aromatic rings. The zero-order valence-electron chi connectivity index (χ0n) is 11.1. The first-order chi connectivity index (χ1) is 8.31. The van der Waals surface area contributed by atoms with E-state index in [0.29, 0.717) is 6.04 Å². The van der Waals surface area contributed by atoms with Crippen LogP contribution in [0.5, 0.6) is 0 Å². The van der Waals surface area contributed by atoms with Crippen molar-refractivity contribution in [2.24, 2.45) is 5.92 Å². The number of nitrogens with zero attached hydrogens (tertiary/aromatic N) is 1. The summed E-state index contributed by atoms with van der Waals surface area (Å²) in [4.78, 5) is 2.47. The second kappa shape index (κ2) is 6.72. The number of rotatable bonds is 5. The SMILES string of the molecule is CCOCCN1C[C@H](O)C[C@@H]1C1CCCCC1. The van der Waals surface area contributed by atoms with E-state index in [2.05, 4.69) is 4.90 Å². The lowest BCUT2D eigenvalue weighted by molar-refractivity contribution is 0.0857. The molecule has 3 nitrogen and oxygen atoms in total. The molecule has 2 aliphatic rings. The van der Waals surface area contributed by atoms with Crippen molar-refractivity contribution < 1.29 is 9.84 Å². The molecule has 1 saturated carbocycles. The van der Waals surface area contributed by atoms with Gasteiger partial charge in [-0.2, -0.15) is 0 Å². The number of hydrogen-bond donors (Lipinski definition) is 1. The highest BCUT2D eigenvalue weighted by molar-refractivity contribution is 4.90. The standard InChI is InChI=1S/C14H27NO2/c1-2-17-9-8-15-11-13(16)10-14(15)12-6-4-3-5-7-12/h12-14,16H,2-11H2,1H3/t13-,14-/m1/s1. The molecule has 0 amide bonds. The van der Waals surface area contributed by atoms with Crippen LogP contribution in [0.2, 0.25) is 0 Å². The first-order valence-electron chi connectivity index (χ1n) is 7.31. The summed E-state index contributed by atoms with van der Waals surface area (Å²) in [5, 5.41) is 9.87. The van der Waals surface area contributed by atoms with E-state index in [1.165, 1.54) is 32.1 Å². The minimum atomic E-state index is -0.108. The lowest BCUT2D eigenvalue weighted by Crippen LogP contribution is -2.38. The van der Waals surface area contributed by atoms with Gasteiger partial charge in [-0.05, 0) is 32.1 Å². The van der Waals surface area contributed by atoms with Gasteiger partial charge in [0.2, 0.25) is 0 Å². The largest absolute Gasteiger partial charge is 0.392 e. The molecule has 100 valence electrons. The summed E-state index contributed by atoms with van der Waals surface area (Å²) in [7, 11) is 0.